The van der Waals surface area contributed by atoms with E-state index in [2.05, 4.69) is 19.8 Å². The van der Waals surface area contributed by atoms with Crippen LogP contribution in [0.15, 0.2) is 53.4 Å². The van der Waals surface area contributed by atoms with E-state index in [9.17, 15) is 9.59 Å². The molecule has 3 aliphatic heterocycles. The first kappa shape index (κ1) is 29.2. The van der Waals surface area contributed by atoms with Crippen LogP contribution in [0.2, 0.25) is 5.02 Å². The molecule has 1 aromatic heterocycles. The van der Waals surface area contributed by atoms with E-state index >= 15 is 0 Å². The molecule has 0 spiro atoms. The van der Waals surface area contributed by atoms with Crippen molar-refractivity contribution in [1.82, 2.24) is 19.9 Å². The Morgan fingerprint density at radius 1 is 0.814 bits per heavy atom. The second-order valence-corrected chi connectivity index (χ2v) is 11.2. The Morgan fingerprint density at radius 3 is 2.00 bits per heavy atom. The van der Waals surface area contributed by atoms with Crippen LogP contribution in [0.4, 0.5) is 16.7 Å². The molecule has 0 unspecified atom stereocenters. The van der Waals surface area contributed by atoms with Gasteiger partial charge in [0, 0.05) is 31.2 Å². The lowest BCUT2D eigenvalue weighted by molar-refractivity contribution is -0.123. The third-order valence-corrected chi connectivity index (χ3v) is 8.00. The average Bonchev–Trinajstić information content (AvgIpc) is 3.31. The second-order valence-electron chi connectivity index (χ2n) is 9.72. The largest absolute Gasteiger partial charge is 0.492 e. The normalized spacial score (nSPS) is 18.4. The maximum absolute atomic E-state index is 12.9. The van der Waals surface area contributed by atoms with Crippen LogP contribution >= 0.6 is 23.4 Å². The number of rotatable bonds is 9. The first-order valence-corrected chi connectivity index (χ1v) is 15.0. The number of morpholine rings is 2. The quantitative estimate of drug-likeness (QED) is 0.319. The van der Waals surface area contributed by atoms with E-state index in [-0.39, 0.29) is 30.3 Å². The van der Waals surface area contributed by atoms with Crippen molar-refractivity contribution in [2.75, 3.05) is 75.6 Å². The lowest BCUT2D eigenvalue weighted by atomic mass is 10.2. The Morgan fingerprint density at radius 2 is 1.40 bits per heavy atom. The molecule has 12 nitrogen and oxygen atoms in total. The number of ether oxygens (including phenoxy) is 4. The lowest BCUT2D eigenvalue weighted by Gasteiger charge is -2.30. The lowest BCUT2D eigenvalue weighted by Crippen LogP contribution is -2.40. The van der Waals surface area contributed by atoms with Gasteiger partial charge in [0.05, 0.1) is 37.9 Å². The Bertz CT molecular complexity index is 1440. The zero-order valence-electron chi connectivity index (χ0n) is 23.2. The van der Waals surface area contributed by atoms with Crippen LogP contribution in [0.1, 0.15) is 5.56 Å². The molecule has 3 fully saturated rings. The first-order chi connectivity index (χ1) is 21.0. The van der Waals surface area contributed by atoms with Crippen LogP contribution in [-0.2, 0) is 14.3 Å². The predicted molar refractivity (Wildman–Crippen MR) is 162 cm³/mol. The molecule has 4 heterocycles. The molecule has 3 aromatic rings. The smallest absolute Gasteiger partial charge is 0.328 e. The van der Waals surface area contributed by atoms with Crippen LogP contribution < -0.4 is 19.3 Å². The number of hydrogen-bond donors (Lipinski definition) is 0. The van der Waals surface area contributed by atoms with Crippen molar-refractivity contribution in [3.8, 4) is 17.5 Å². The number of hydrogen-bond acceptors (Lipinski definition) is 12. The van der Waals surface area contributed by atoms with Crippen molar-refractivity contribution in [2.24, 2.45) is 0 Å². The number of carbonyl (C=O) groups excluding carboxylic acids is 2. The van der Waals surface area contributed by atoms with Crippen molar-refractivity contribution >= 4 is 52.5 Å². The minimum atomic E-state index is -0.355. The third-order valence-electron chi connectivity index (χ3n) is 6.84. The number of imide groups is 1. The molecule has 6 rings (SSSR count). The highest BCUT2D eigenvalue weighted by Crippen LogP contribution is 2.33. The van der Waals surface area contributed by atoms with Gasteiger partial charge < -0.3 is 28.7 Å². The highest BCUT2D eigenvalue weighted by molar-refractivity contribution is 8.18. The Labute approximate surface area is 257 Å². The number of nitrogens with zero attached hydrogens (tertiary/aromatic N) is 6. The van der Waals surface area contributed by atoms with Crippen LogP contribution in [0.5, 0.6) is 17.5 Å². The summed E-state index contributed by atoms with van der Waals surface area (Å²) < 4.78 is 22.7. The van der Waals surface area contributed by atoms with Gasteiger partial charge in [0.1, 0.15) is 18.1 Å². The van der Waals surface area contributed by atoms with Gasteiger partial charge in [-0.3, -0.25) is 14.5 Å². The number of thioether (sulfide) groups is 1. The molecule has 0 saturated carbocycles. The Kier molecular flexibility index (Phi) is 9.22. The van der Waals surface area contributed by atoms with Crippen molar-refractivity contribution in [1.29, 1.82) is 0 Å². The van der Waals surface area contributed by atoms with Crippen LogP contribution in [0.3, 0.4) is 0 Å². The fraction of sp³-hybridized carbons (Fsp3) is 0.345. The zero-order valence-corrected chi connectivity index (χ0v) is 24.8. The highest BCUT2D eigenvalue weighted by atomic mass is 35.5. The average molecular weight is 625 g/mol. The van der Waals surface area contributed by atoms with E-state index in [1.54, 1.807) is 54.6 Å². The maximum atomic E-state index is 12.9. The number of halogens is 1. The van der Waals surface area contributed by atoms with Gasteiger partial charge in [0.25, 0.3) is 11.1 Å². The molecular weight excluding hydrogens is 596 g/mol. The summed E-state index contributed by atoms with van der Waals surface area (Å²) in [5.41, 5.74) is 0.744. The van der Waals surface area contributed by atoms with Gasteiger partial charge in [0.15, 0.2) is 0 Å². The molecule has 0 atom stereocenters. The van der Waals surface area contributed by atoms with E-state index in [4.69, 9.17) is 35.5 Å². The number of amides is 2. The number of benzene rings is 2. The summed E-state index contributed by atoms with van der Waals surface area (Å²) in [5.74, 6) is 1.87. The number of aromatic nitrogens is 3. The molecule has 0 aliphatic carbocycles. The molecule has 0 radical (unpaired) electrons. The van der Waals surface area contributed by atoms with E-state index in [0.717, 1.165) is 17.3 Å². The van der Waals surface area contributed by atoms with Gasteiger partial charge in [-0.05, 0) is 59.8 Å². The summed E-state index contributed by atoms with van der Waals surface area (Å²) in [4.78, 5) is 44.9. The molecule has 14 heteroatoms. The highest BCUT2D eigenvalue weighted by Gasteiger charge is 2.34. The van der Waals surface area contributed by atoms with Gasteiger partial charge in [-0.2, -0.15) is 15.0 Å². The van der Waals surface area contributed by atoms with Gasteiger partial charge in [-0.1, -0.05) is 23.7 Å². The SMILES string of the molecule is O=C1S/C(=C\c2ccc(Oc3nc(N4CCOCC4)nc(N4CCOCC4)n3)cc2)C(=O)N1CCOc1ccc(Cl)cc1. The molecular formula is C29H29ClN6O6S. The molecule has 3 aliphatic rings. The van der Waals surface area contributed by atoms with Gasteiger partial charge in [0.2, 0.25) is 11.9 Å². The molecule has 0 bridgehead atoms. The molecule has 2 amide bonds. The fourth-order valence-electron chi connectivity index (χ4n) is 4.56. The standard InChI is InChI=1S/C29H29ClN6O6S/c30-21-3-7-22(8-4-21)41-18-13-36-25(37)24(43-29(36)38)19-20-1-5-23(6-2-20)42-28-32-26(34-9-14-39-15-10-34)31-27(33-28)35-11-16-40-17-12-35/h1-8,19H,9-18H2/b24-19-. The van der Waals surface area contributed by atoms with Gasteiger partial charge in [-0.15, -0.1) is 0 Å². The van der Waals surface area contributed by atoms with Crippen LogP contribution in [0.25, 0.3) is 6.08 Å². The predicted octanol–water partition coefficient (Wildman–Crippen LogP) is 4.11. The van der Waals surface area contributed by atoms with Crippen LogP contribution in [0, 0.1) is 0 Å². The van der Waals surface area contributed by atoms with Crippen molar-refractivity contribution < 1.29 is 28.5 Å². The topological polar surface area (TPSA) is 119 Å². The van der Waals surface area contributed by atoms with Crippen molar-refractivity contribution in [2.45, 2.75) is 0 Å². The van der Waals surface area contributed by atoms with Crippen LogP contribution in [-0.4, -0.2) is 96.8 Å². The molecule has 3 saturated heterocycles. The summed E-state index contributed by atoms with van der Waals surface area (Å²) in [6, 6.07) is 14.2. The van der Waals surface area contributed by atoms with Crippen molar-refractivity contribution in [3.63, 3.8) is 0 Å². The summed E-state index contributed by atoms with van der Waals surface area (Å²) in [6.07, 6.45) is 1.69. The van der Waals surface area contributed by atoms with E-state index < -0.39 is 0 Å². The molecule has 0 N–H and O–H groups in total. The maximum Gasteiger partial charge on any atom is 0.328 e. The number of anilines is 2. The molecule has 2 aromatic carbocycles. The minimum Gasteiger partial charge on any atom is -0.492 e. The minimum absolute atomic E-state index is 0.141. The first-order valence-electron chi connectivity index (χ1n) is 13.8. The molecule has 43 heavy (non-hydrogen) atoms. The Balaban J connectivity index is 1.11. The van der Waals surface area contributed by atoms with E-state index in [1.165, 1.54) is 4.90 Å². The van der Waals surface area contributed by atoms with Gasteiger partial charge >= 0.3 is 6.01 Å². The summed E-state index contributed by atoms with van der Waals surface area (Å²) >= 11 is 6.79. The zero-order chi connectivity index (χ0) is 29.6. The molecule has 224 valence electrons. The van der Waals surface area contributed by atoms with Gasteiger partial charge in [-0.25, -0.2) is 0 Å². The Hall–Kier alpha value is -3.91. The van der Waals surface area contributed by atoms with E-state index in [1.807, 2.05) is 0 Å². The summed E-state index contributed by atoms with van der Waals surface area (Å²) in [7, 11) is 0. The summed E-state index contributed by atoms with van der Waals surface area (Å²) in [6.45, 7) is 5.46. The third kappa shape index (κ3) is 7.36. The van der Waals surface area contributed by atoms with Crippen molar-refractivity contribution in [3.05, 3.63) is 64.0 Å². The number of carbonyl (C=O) groups is 2. The van der Waals surface area contributed by atoms with E-state index in [0.29, 0.717) is 85.9 Å². The second kappa shape index (κ2) is 13.6. The monoisotopic (exact) mass is 624 g/mol. The fourth-order valence-corrected chi connectivity index (χ4v) is 5.55. The summed E-state index contributed by atoms with van der Waals surface area (Å²) in [5, 5.41) is 0.266.